The molecule has 1 saturated heterocycles. The average Bonchev–Trinajstić information content (AvgIpc) is 3.30. The molecule has 0 aromatic carbocycles. The molecule has 3 rings (SSSR count). The van der Waals surface area contributed by atoms with E-state index < -0.39 is 0 Å². The fraction of sp³-hybridized carbons (Fsp3) is 0.769. The first-order chi connectivity index (χ1) is 9.65. The Morgan fingerprint density at radius 3 is 2.60 bits per heavy atom. The maximum Gasteiger partial charge on any atom is 0.232 e. The topological polar surface area (TPSA) is 80.4 Å². The minimum atomic E-state index is 0.284. The van der Waals surface area contributed by atoms with Crippen LogP contribution >= 0.6 is 0 Å². The molecule has 1 aliphatic heterocycles. The number of nitrogens with two attached hydrogens (primary N) is 1. The molecular weight excluding hydrogens is 256 g/mol. The molecule has 2 aliphatic rings. The smallest absolute Gasteiger partial charge is 0.232 e. The van der Waals surface area contributed by atoms with Crippen molar-refractivity contribution in [2.24, 2.45) is 5.92 Å². The Labute approximate surface area is 119 Å². The van der Waals surface area contributed by atoms with E-state index in [0.717, 1.165) is 19.0 Å². The van der Waals surface area contributed by atoms with E-state index in [-0.39, 0.29) is 5.95 Å². The molecule has 0 spiro atoms. The van der Waals surface area contributed by atoms with Gasteiger partial charge in [0.15, 0.2) is 0 Å². The summed E-state index contributed by atoms with van der Waals surface area (Å²) in [6.45, 7) is 5.21. The zero-order chi connectivity index (χ0) is 14.1. The average molecular weight is 278 g/mol. The van der Waals surface area contributed by atoms with Gasteiger partial charge in [-0.2, -0.15) is 15.0 Å². The summed E-state index contributed by atoms with van der Waals surface area (Å²) in [5, 5.41) is 0. The van der Waals surface area contributed by atoms with Gasteiger partial charge in [-0.15, -0.1) is 0 Å². The van der Waals surface area contributed by atoms with E-state index in [1.807, 2.05) is 7.05 Å². The first-order valence-electron chi connectivity index (χ1n) is 7.22. The van der Waals surface area contributed by atoms with Crippen molar-refractivity contribution in [2.45, 2.75) is 25.8 Å². The normalized spacial score (nSPS) is 20.8. The number of nitrogen functional groups attached to an aromatic ring is 1. The minimum absolute atomic E-state index is 0.284. The van der Waals surface area contributed by atoms with E-state index in [0.29, 0.717) is 31.2 Å². The highest BCUT2D eigenvalue weighted by molar-refractivity contribution is 5.44. The van der Waals surface area contributed by atoms with Crippen LogP contribution < -0.4 is 15.5 Å². The summed E-state index contributed by atoms with van der Waals surface area (Å²) in [6.07, 6.45) is 2.59. The zero-order valence-electron chi connectivity index (χ0n) is 12.1. The second kappa shape index (κ2) is 5.40. The van der Waals surface area contributed by atoms with Crippen molar-refractivity contribution in [1.29, 1.82) is 0 Å². The zero-order valence-corrected chi connectivity index (χ0v) is 12.1. The van der Waals surface area contributed by atoms with E-state index in [9.17, 15) is 0 Å². The molecule has 2 fully saturated rings. The van der Waals surface area contributed by atoms with Gasteiger partial charge >= 0.3 is 0 Å². The number of hydrogen-bond donors (Lipinski definition) is 1. The molecule has 1 unspecified atom stereocenters. The second-order valence-corrected chi connectivity index (χ2v) is 5.58. The lowest BCUT2D eigenvalue weighted by molar-refractivity contribution is 0.122. The highest BCUT2D eigenvalue weighted by Gasteiger charge is 2.32. The number of ether oxygens (including phenoxy) is 1. The number of hydrogen-bond acceptors (Lipinski definition) is 7. The molecule has 2 N–H and O–H groups in total. The van der Waals surface area contributed by atoms with E-state index in [1.165, 1.54) is 12.8 Å². The van der Waals surface area contributed by atoms with Crippen LogP contribution in [0.3, 0.4) is 0 Å². The maximum absolute atomic E-state index is 5.85. The third-order valence-electron chi connectivity index (χ3n) is 4.15. The van der Waals surface area contributed by atoms with Gasteiger partial charge in [-0.3, -0.25) is 0 Å². The van der Waals surface area contributed by atoms with Crippen molar-refractivity contribution >= 4 is 17.8 Å². The highest BCUT2D eigenvalue weighted by atomic mass is 16.5. The summed E-state index contributed by atoms with van der Waals surface area (Å²) in [7, 11) is 2.03. The standard InChI is InChI=1S/C13H22N6O/c1-9(10-3-4-10)18(2)12-15-11(14)16-13(17-12)19-5-7-20-8-6-19/h9-10H,3-8H2,1-2H3,(H2,14,15,16,17). The molecule has 1 atom stereocenters. The largest absolute Gasteiger partial charge is 0.378 e. The quantitative estimate of drug-likeness (QED) is 0.860. The van der Waals surface area contributed by atoms with Crippen molar-refractivity contribution in [2.75, 3.05) is 48.9 Å². The lowest BCUT2D eigenvalue weighted by Gasteiger charge is -2.29. The molecule has 7 heteroatoms. The molecule has 0 radical (unpaired) electrons. The van der Waals surface area contributed by atoms with Gasteiger partial charge in [0.2, 0.25) is 17.8 Å². The lowest BCUT2D eigenvalue weighted by Crippen LogP contribution is -2.38. The van der Waals surface area contributed by atoms with Crippen LogP contribution in [0.5, 0.6) is 0 Å². The van der Waals surface area contributed by atoms with Crippen molar-refractivity contribution < 1.29 is 4.74 Å². The Morgan fingerprint density at radius 2 is 1.95 bits per heavy atom. The molecule has 110 valence electrons. The summed E-state index contributed by atoms with van der Waals surface area (Å²) in [5.41, 5.74) is 5.85. The number of nitrogens with zero attached hydrogens (tertiary/aromatic N) is 5. The molecule has 2 heterocycles. The minimum Gasteiger partial charge on any atom is -0.378 e. The molecule has 0 amide bonds. The van der Waals surface area contributed by atoms with Crippen LogP contribution in [0.25, 0.3) is 0 Å². The fourth-order valence-corrected chi connectivity index (χ4v) is 2.51. The number of morpholine rings is 1. The molecule has 7 nitrogen and oxygen atoms in total. The Hall–Kier alpha value is -1.63. The SMILES string of the molecule is CC(C1CC1)N(C)c1nc(N)nc(N2CCOCC2)n1. The summed E-state index contributed by atoms with van der Waals surface area (Å²) >= 11 is 0. The van der Waals surface area contributed by atoms with Crippen LogP contribution in [-0.2, 0) is 4.74 Å². The van der Waals surface area contributed by atoms with Crippen molar-refractivity contribution in [1.82, 2.24) is 15.0 Å². The van der Waals surface area contributed by atoms with E-state index in [2.05, 4.69) is 31.7 Å². The monoisotopic (exact) mass is 278 g/mol. The van der Waals surface area contributed by atoms with Gasteiger partial charge in [0.05, 0.1) is 13.2 Å². The van der Waals surface area contributed by atoms with Crippen molar-refractivity contribution in [3.05, 3.63) is 0 Å². The number of aromatic nitrogens is 3. The molecule has 20 heavy (non-hydrogen) atoms. The fourth-order valence-electron chi connectivity index (χ4n) is 2.51. The van der Waals surface area contributed by atoms with Crippen LogP contribution in [0, 0.1) is 5.92 Å². The van der Waals surface area contributed by atoms with Crippen LogP contribution in [0.15, 0.2) is 0 Å². The van der Waals surface area contributed by atoms with E-state index in [4.69, 9.17) is 10.5 Å². The predicted octanol–water partition coefficient (Wildman–Crippen LogP) is 0.525. The third-order valence-corrected chi connectivity index (χ3v) is 4.15. The highest BCUT2D eigenvalue weighted by Crippen LogP contribution is 2.35. The summed E-state index contributed by atoms with van der Waals surface area (Å²) in [5.74, 6) is 2.36. The molecule has 1 saturated carbocycles. The van der Waals surface area contributed by atoms with Crippen LogP contribution in [-0.4, -0.2) is 54.3 Å². The number of rotatable bonds is 4. The Bertz CT molecular complexity index is 472. The second-order valence-electron chi connectivity index (χ2n) is 5.58. The van der Waals surface area contributed by atoms with Gasteiger partial charge in [0.1, 0.15) is 0 Å². The Balaban J connectivity index is 1.81. The van der Waals surface area contributed by atoms with Gasteiger partial charge in [-0.05, 0) is 25.7 Å². The predicted molar refractivity (Wildman–Crippen MR) is 77.9 cm³/mol. The first kappa shape index (κ1) is 13.4. The Kier molecular flexibility index (Phi) is 3.60. The molecule has 1 aromatic heterocycles. The molecule has 1 aromatic rings. The van der Waals surface area contributed by atoms with Crippen LogP contribution in [0.2, 0.25) is 0 Å². The van der Waals surface area contributed by atoms with Crippen LogP contribution in [0.4, 0.5) is 17.8 Å². The molecule has 0 bridgehead atoms. The maximum atomic E-state index is 5.85. The molecule has 1 aliphatic carbocycles. The summed E-state index contributed by atoms with van der Waals surface area (Å²) in [6, 6.07) is 0.439. The van der Waals surface area contributed by atoms with Gasteiger partial charge in [-0.1, -0.05) is 0 Å². The Morgan fingerprint density at radius 1 is 1.25 bits per heavy atom. The number of anilines is 3. The summed E-state index contributed by atoms with van der Waals surface area (Å²) in [4.78, 5) is 17.3. The van der Waals surface area contributed by atoms with E-state index >= 15 is 0 Å². The third kappa shape index (κ3) is 2.77. The van der Waals surface area contributed by atoms with Crippen molar-refractivity contribution in [3.63, 3.8) is 0 Å². The van der Waals surface area contributed by atoms with Gasteiger partial charge in [-0.25, -0.2) is 0 Å². The van der Waals surface area contributed by atoms with Gasteiger partial charge < -0.3 is 20.3 Å². The van der Waals surface area contributed by atoms with Crippen molar-refractivity contribution in [3.8, 4) is 0 Å². The van der Waals surface area contributed by atoms with Gasteiger partial charge in [0.25, 0.3) is 0 Å². The molecular formula is C13H22N6O. The van der Waals surface area contributed by atoms with E-state index in [1.54, 1.807) is 0 Å². The van der Waals surface area contributed by atoms with Gasteiger partial charge in [0, 0.05) is 26.2 Å². The lowest BCUT2D eigenvalue weighted by atomic mass is 10.2. The summed E-state index contributed by atoms with van der Waals surface area (Å²) < 4.78 is 5.35. The van der Waals surface area contributed by atoms with Crippen LogP contribution in [0.1, 0.15) is 19.8 Å². The first-order valence-corrected chi connectivity index (χ1v) is 7.22.